The third-order valence-corrected chi connectivity index (χ3v) is 21.5. The van der Waals surface area contributed by atoms with Crippen molar-refractivity contribution in [3.63, 3.8) is 0 Å². The first-order chi connectivity index (χ1) is 52.5. The molecule has 8 heteroatoms. The zero-order valence-corrected chi connectivity index (χ0v) is 56.8. The molecule has 0 N–H and O–H groups in total. The number of furan rings is 2. The van der Waals surface area contributed by atoms with Gasteiger partial charge in [0.25, 0.3) is 0 Å². The predicted molar refractivity (Wildman–Crippen MR) is 431 cm³/mol. The van der Waals surface area contributed by atoms with Crippen molar-refractivity contribution in [2.45, 2.75) is 0 Å². The van der Waals surface area contributed by atoms with E-state index in [9.17, 15) is 0 Å². The SMILES string of the molecule is c1ccc(-c2ccccc2-c2nc(-c3cccc(-c4cc5c6c(cccc6c4)-c4cc(-c6ccc(-c7ccccc7)c(-c7nc(-c8cccc(-c9ccc%10c%11c(cccc9%11)-c9ccccc9-%10)c8)nc(-c8cccc9oc%10ccccc%10c89)n7)c6)ccc4-5)c3)nc(-c3cccc4oc5ccccc5c34)n2)cc1. The van der Waals surface area contributed by atoms with Crippen LogP contribution in [-0.4, -0.2) is 29.9 Å². The maximum atomic E-state index is 6.52. The maximum absolute atomic E-state index is 6.52. The number of para-hydroxylation sites is 2. The molecule has 0 saturated carbocycles. The highest BCUT2D eigenvalue weighted by molar-refractivity contribution is 6.20. The van der Waals surface area contributed by atoms with Crippen LogP contribution < -0.4 is 0 Å². The molecule has 22 rings (SSSR count). The molecule has 490 valence electrons. The molecule has 0 radical (unpaired) electrons. The molecule has 0 spiro atoms. The van der Waals surface area contributed by atoms with Gasteiger partial charge in [0, 0.05) is 54.9 Å². The van der Waals surface area contributed by atoms with Crippen LogP contribution in [0.5, 0.6) is 0 Å². The Kier molecular flexibility index (Phi) is 13.2. The van der Waals surface area contributed by atoms with Crippen LogP contribution in [0.3, 0.4) is 0 Å². The van der Waals surface area contributed by atoms with Crippen molar-refractivity contribution in [1.82, 2.24) is 29.9 Å². The molecule has 16 aromatic carbocycles. The molecule has 0 atom stereocenters. The van der Waals surface area contributed by atoms with Gasteiger partial charge in [-0.15, -0.1) is 0 Å². The Morgan fingerprint density at radius 1 is 0.151 bits per heavy atom. The number of nitrogens with zero attached hydrogens (tertiary/aromatic N) is 6. The molecule has 0 unspecified atom stereocenters. The molecule has 0 aliphatic heterocycles. The summed E-state index contributed by atoms with van der Waals surface area (Å²) in [5, 5.41) is 8.80. The molecular weight excluding hydrogens is 1290 g/mol. The van der Waals surface area contributed by atoms with Crippen LogP contribution in [0.1, 0.15) is 0 Å². The second-order valence-electron chi connectivity index (χ2n) is 27.5. The normalized spacial score (nSPS) is 12.0. The second-order valence-corrected chi connectivity index (χ2v) is 27.5. The Morgan fingerprint density at radius 3 is 1.16 bits per heavy atom. The monoisotopic (exact) mass is 1350 g/mol. The van der Waals surface area contributed by atoms with Crippen molar-refractivity contribution in [3.8, 4) is 168 Å². The van der Waals surface area contributed by atoms with E-state index in [1.807, 2.05) is 60.7 Å². The fourth-order valence-electron chi connectivity index (χ4n) is 16.7. The van der Waals surface area contributed by atoms with Gasteiger partial charge in [-0.05, 0) is 182 Å². The van der Waals surface area contributed by atoms with E-state index in [2.05, 4.69) is 279 Å². The van der Waals surface area contributed by atoms with E-state index in [0.717, 1.165) is 138 Å². The van der Waals surface area contributed by atoms with Crippen LogP contribution in [0.2, 0.25) is 0 Å². The van der Waals surface area contributed by atoms with Gasteiger partial charge in [0.1, 0.15) is 22.3 Å². The second kappa shape index (κ2) is 23.6. The summed E-state index contributed by atoms with van der Waals surface area (Å²) < 4.78 is 12.9. The van der Waals surface area contributed by atoms with Crippen LogP contribution in [-0.2, 0) is 0 Å². The first-order valence-corrected chi connectivity index (χ1v) is 35.8. The van der Waals surface area contributed by atoms with E-state index < -0.39 is 0 Å². The fraction of sp³-hybridized carbons (Fsp3) is 0. The van der Waals surface area contributed by atoms with Crippen molar-refractivity contribution in [1.29, 1.82) is 0 Å². The number of hydrogen-bond donors (Lipinski definition) is 0. The van der Waals surface area contributed by atoms with Gasteiger partial charge in [-0.25, -0.2) is 29.9 Å². The van der Waals surface area contributed by atoms with Crippen molar-refractivity contribution in [3.05, 3.63) is 340 Å². The van der Waals surface area contributed by atoms with Gasteiger partial charge < -0.3 is 8.83 Å². The quantitative estimate of drug-likeness (QED) is 0.126. The lowest BCUT2D eigenvalue weighted by Gasteiger charge is -2.15. The van der Waals surface area contributed by atoms with Gasteiger partial charge >= 0.3 is 0 Å². The summed E-state index contributed by atoms with van der Waals surface area (Å²) in [7, 11) is 0. The Labute approximate surface area is 608 Å². The van der Waals surface area contributed by atoms with Crippen LogP contribution in [0, 0.1) is 0 Å². The highest BCUT2D eigenvalue weighted by atomic mass is 16.3. The lowest BCUT2D eigenvalue weighted by Crippen LogP contribution is -2.02. The molecule has 4 aromatic heterocycles. The molecule has 20 aromatic rings. The van der Waals surface area contributed by atoms with Crippen molar-refractivity contribution < 1.29 is 8.83 Å². The molecule has 0 bridgehead atoms. The number of hydrogen-bond acceptors (Lipinski definition) is 8. The van der Waals surface area contributed by atoms with Gasteiger partial charge in [-0.3, -0.25) is 0 Å². The lowest BCUT2D eigenvalue weighted by atomic mass is 9.92. The van der Waals surface area contributed by atoms with Crippen LogP contribution in [0.25, 0.3) is 234 Å². The standard InChI is InChI=1S/C98H56N6O2/c1-3-21-57(22-4-1)67-30-7-10-33-77(67)95-99-93(100-96(103-95)80-39-19-43-87-91(80)78-34-11-13-41-85(78)105-87)64-28-15-25-59(51-64)66-53-63-27-17-36-75-82-54-60(46-48-72(82)83(56-66)89(63)75)61-45-47-68(58-23-5-2-6-24-58)84(55-61)98-102-94(101-97(104-98)81-40-20-44-88-92(81)79-35-12-14-42-86(79)106-88)65-29-16-26-62(52-65)69-49-50-76-71-32-9-8-31-70(71)74-38-18-37-73(69)90(74)76/h1-56H. The van der Waals surface area contributed by atoms with E-state index >= 15 is 0 Å². The molecule has 0 saturated heterocycles. The fourth-order valence-corrected chi connectivity index (χ4v) is 16.7. The van der Waals surface area contributed by atoms with Crippen molar-refractivity contribution in [2.75, 3.05) is 0 Å². The van der Waals surface area contributed by atoms with Gasteiger partial charge in [0.2, 0.25) is 0 Å². The average Bonchev–Trinajstić information content (AvgIpc) is 1.57. The zero-order chi connectivity index (χ0) is 69.5. The molecule has 2 aliphatic carbocycles. The highest BCUT2D eigenvalue weighted by Gasteiger charge is 2.28. The lowest BCUT2D eigenvalue weighted by molar-refractivity contribution is 0.668. The van der Waals surface area contributed by atoms with Crippen LogP contribution >= 0.6 is 0 Å². The number of rotatable bonds is 11. The van der Waals surface area contributed by atoms with E-state index in [1.54, 1.807) is 0 Å². The summed E-state index contributed by atoms with van der Waals surface area (Å²) in [6.45, 7) is 0. The number of fused-ring (bicyclic) bond motifs is 12. The smallest absolute Gasteiger partial charge is 0.164 e. The van der Waals surface area contributed by atoms with E-state index in [1.165, 1.54) is 60.7 Å². The molecule has 8 nitrogen and oxygen atoms in total. The molecule has 106 heavy (non-hydrogen) atoms. The van der Waals surface area contributed by atoms with Gasteiger partial charge in [-0.1, -0.05) is 279 Å². The van der Waals surface area contributed by atoms with E-state index in [-0.39, 0.29) is 0 Å². The average molecular weight is 1350 g/mol. The minimum atomic E-state index is 0.549. The third-order valence-electron chi connectivity index (χ3n) is 21.5. The Balaban J connectivity index is 0.666. The number of benzene rings is 16. The first kappa shape index (κ1) is 59.4. The van der Waals surface area contributed by atoms with Gasteiger partial charge in [-0.2, -0.15) is 0 Å². The largest absolute Gasteiger partial charge is 0.456 e. The summed E-state index contributed by atoms with van der Waals surface area (Å²) >= 11 is 0. The van der Waals surface area contributed by atoms with Crippen molar-refractivity contribution in [2.24, 2.45) is 0 Å². The number of aromatic nitrogens is 6. The van der Waals surface area contributed by atoms with E-state index in [0.29, 0.717) is 34.9 Å². The molecular formula is C98H56N6O2. The minimum absolute atomic E-state index is 0.549. The summed E-state index contributed by atoms with van der Waals surface area (Å²) in [6.07, 6.45) is 0. The van der Waals surface area contributed by atoms with Crippen molar-refractivity contribution >= 4 is 65.4 Å². The van der Waals surface area contributed by atoms with Gasteiger partial charge in [0.05, 0.1) is 0 Å². The van der Waals surface area contributed by atoms with E-state index in [4.69, 9.17) is 38.7 Å². The molecule has 4 heterocycles. The molecule has 0 fully saturated rings. The third kappa shape index (κ3) is 9.48. The summed E-state index contributed by atoms with van der Waals surface area (Å²) in [6, 6.07) is 120. The first-order valence-electron chi connectivity index (χ1n) is 35.8. The Morgan fingerprint density at radius 2 is 0.519 bits per heavy atom. The maximum Gasteiger partial charge on any atom is 0.164 e. The predicted octanol–water partition coefficient (Wildman–Crippen LogP) is 25.8. The zero-order valence-electron chi connectivity index (χ0n) is 56.8. The van der Waals surface area contributed by atoms with Gasteiger partial charge in [0.15, 0.2) is 34.9 Å². The summed E-state index contributed by atoms with van der Waals surface area (Å²) in [4.78, 5) is 32.7. The van der Waals surface area contributed by atoms with Crippen LogP contribution in [0.4, 0.5) is 0 Å². The summed E-state index contributed by atoms with van der Waals surface area (Å²) in [5.41, 5.74) is 28.8. The highest BCUT2D eigenvalue weighted by Crippen LogP contribution is 2.53. The Bertz CT molecular complexity index is 7070. The Hall–Kier alpha value is -14.3. The van der Waals surface area contributed by atoms with Crippen LogP contribution in [0.15, 0.2) is 349 Å². The molecule has 2 aliphatic rings. The topological polar surface area (TPSA) is 104 Å². The minimum Gasteiger partial charge on any atom is -0.456 e. The molecule has 0 amide bonds. The summed E-state index contributed by atoms with van der Waals surface area (Å²) in [5.74, 6) is 3.38.